The zero-order valence-corrected chi connectivity index (χ0v) is 22.5. The fraction of sp³-hybridized carbons (Fsp3) is 0.370. The van der Waals surface area contributed by atoms with Gasteiger partial charge < -0.3 is 15.4 Å². The Kier molecular flexibility index (Phi) is 9.24. The second-order valence-electron chi connectivity index (χ2n) is 8.74. The average Bonchev–Trinajstić information content (AvgIpc) is 3.24. The first kappa shape index (κ1) is 26.5. The summed E-state index contributed by atoms with van der Waals surface area (Å²) in [6.45, 7) is 2.99. The predicted molar refractivity (Wildman–Crippen MR) is 146 cm³/mol. The lowest BCUT2D eigenvalue weighted by molar-refractivity contribution is 0.0951. The maximum atomic E-state index is 13.3. The van der Waals surface area contributed by atoms with Gasteiger partial charge in [0.2, 0.25) is 0 Å². The van der Waals surface area contributed by atoms with Gasteiger partial charge in [-0.05, 0) is 61.4 Å². The van der Waals surface area contributed by atoms with E-state index in [1.165, 1.54) is 11.3 Å². The molecule has 190 valence electrons. The van der Waals surface area contributed by atoms with Crippen LogP contribution >= 0.6 is 34.5 Å². The zero-order valence-electron chi connectivity index (χ0n) is 20.2. The molecule has 0 spiro atoms. The second-order valence-corrected chi connectivity index (χ2v) is 10.7. The van der Waals surface area contributed by atoms with Crippen LogP contribution < -0.4 is 15.4 Å². The van der Waals surface area contributed by atoms with Crippen molar-refractivity contribution in [3.05, 3.63) is 73.8 Å². The molecule has 0 saturated heterocycles. The number of carbonyl (C=O) groups is 2. The summed E-state index contributed by atoms with van der Waals surface area (Å²) >= 11 is 14.3. The lowest BCUT2D eigenvalue weighted by Crippen LogP contribution is -2.25. The Hall–Kier alpha value is -2.61. The minimum Gasteiger partial charge on any atom is -0.490 e. The standard InChI is InChI=1S/C27H29Cl2N3O3S/c1-2-3-6-12-35-24-20(28)13-18(14-21(24)29)25(33)32-27-23(19-9-4-5-10-22(19)36-27)26(34)31-16-17-8-7-11-30-15-17/h7-8,11,13-15H,2-6,9-10,12,16H2,1H3,(H,31,34)(H,32,33). The number of rotatable bonds is 10. The monoisotopic (exact) mass is 545 g/mol. The van der Waals surface area contributed by atoms with E-state index < -0.39 is 0 Å². The summed E-state index contributed by atoms with van der Waals surface area (Å²) in [5.41, 5.74) is 2.78. The average molecular weight is 547 g/mol. The molecule has 2 N–H and O–H groups in total. The molecule has 2 heterocycles. The molecule has 0 unspecified atom stereocenters. The number of hydrogen-bond donors (Lipinski definition) is 2. The van der Waals surface area contributed by atoms with Crippen molar-refractivity contribution in [2.24, 2.45) is 0 Å². The fourth-order valence-corrected chi connectivity index (χ4v) is 6.08. The molecule has 4 rings (SSSR count). The zero-order chi connectivity index (χ0) is 25.5. The van der Waals surface area contributed by atoms with Crippen LogP contribution in [0.25, 0.3) is 0 Å². The van der Waals surface area contributed by atoms with E-state index in [0.717, 1.165) is 60.9 Å². The highest BCUT2D eigenvalue weighted by atomic mass is 35.5. The largest absolute Gasteiger partial charge is 0.490 e. The third-order valence-corrected chi connectivity index (χ3v) is 7.82. The van der Waals surface area contributed by atoms with Gasteiger partial charge in [-0.2, -0.15) is 0 Å². The van der Waals surface area contributed by atoms with Gasteiger partial charge in [0, 0.05) is 29.4 Å². The third kappa shape index (κ3) is 6.38. The first-order chi connectivity index (χ1) is 17.5. The number of amides is 2. The van der Waals surface area contributed by atoms with Crippen molar-refractivity contribution in [2.45, 2.75) is 58.4 Å². The number of ether oxygens (including phenoxy) is 1. The number of nitrogens with one attached hydrogen (secondary N) is 2. The number of benzene rings is 1. The maximum absolute atomic E-state index is 13.3. The highest BCUT2D eigenvalue weighted by Gasteiger charge is 2.27. The number of fused-ring (bicyclic) bond motifs is 1. The molecule has 36 heavy (non-hydrogen) atoms. The van der Waals surface area contributed by atoms with Crippen LogP contribution in [0.4, 0.5) is 5.00 Å². The number of aryl methyl sites for hydroxylation is 1. The van der Waals surface area contributed by atoms with E-state index in [0.29, 0.717) is 35.0 Å². The topological polar surface area (TPSA) is 80.3 Å². The Morgan fingerprint density at radius 1 is 1.11 bits per heavy atom. The van der Waals surface area contributed by atoms with Crippen LogP contribution in [0.15, 0.2) is 36.7 Å². The minimum absolute atomic E-state index is 0.208. The van der Waals surface area contributed by atoms with E-state index in [4.69, 9.17) is 27.9 Å². The summed E-state index contributed by atoms with van der Waals surface area (Å²) in [7, 11) is 0. The van der Waals surface area contributed by atoms with Crippen molar-refractivity contribution in [2.75, 3.05) is 11.9 Å². The molecule has 9 heteroatoms. The third-order valence-electron chi connectivity index (χ3n) is 6.06. The number of nitrogens with zero attached hydrogens (tertiary/aromatic N) is 1. The number of hydrogen-bond acceptors (Lipinski definition) is 5. The molecular weight excluding hydrogens is 517 g/mol. The van der Waals surface area contributed by atoms with Gasteiger partial charge in [0.15, 0.2) is 5.75 Å². The Morgan fingerprint density at radius 2 is 1.89 bits per heavy atom. The van der Waals surface area contributed by atoms with Gasteiger partial charge in [-0.1, -0.05) is 49.0 Å². The van der Waals surface area contributed by atoms with E-state index in [1.807, 2.05) is 12.1 Å². The molecular formula is C27H29Cl2N3O3S. The van der Waals surface area contributed by atoms with Crippen molar-refractivity contribution in [1.82, 2.24) is 10.3 Å². The predicted octanol–water partition coefficient (Wildman–Crippen LogP) is 7.08. The van der Waals surface area contributed by atoms with Crippen LogP contribution in [-0.4, -0.2) is 23.4 Å². The molecule has 0 atom stereocenters. The number of pyridine rings is 1. The molecule has 1 aliphatic carbocycles. The van der Waals surface area contributed by atoms with Crippen molar-refractivity contribution in [1.29, 1.82) is 0 Å². The van der Waals surface area contributed by atoms with Crippen LogP contribution in [-0.2, 0) is 19.4 Å². The molecule has 1 aromatic carbocycles. The van der Waals surface area contributed by atoms with Gasteiger partial charge in [-0.25, -0.2) is 0 Å². The smallest absolute Gasteiger partial charge is 0.256 e. The summed E-state index contributed by atoms with van der Waals surface area (Å²) in [6, 6.07) is 6.84. The molecule has 0 radical (unpaired) electrons. The van der Waals surface area contributed by atoms with Crippen LogP contribution in [0.3, 0.4) is 0 Å². The molecule has 6 nitrogen and oxygen atoms in total. The first-order valence-electron chi connectivity index (χ1n) is 12.2. The molecule has 2 amide bonds. The molecule has 2 aromatic heterocycles. The number of thiophene rings is 1. The van der Waals surface area contributed by atoms with Crippen LogP contribution in [0, 0.1) is 0 Å². The lowest BCUT2D eigenvalue weighted by atomic mass is 9.95. The number of halogens is 2. The van der Waals surface area contributed by atoms with E-state index >= 15 is 0 Å². The van der Waals surface area contributed by atoms with Crippen LogP contribution in [0.1, 0.15) is 75.7 Å². The van der Waals surface area contributed by atoms with E-state index in [2.05, 4.69) is 22.5 Å². The Labute approximate surface area is 225 Å². The number of unbranched alkanes of at least 4 members (excludes halogenated alkanes) is 2. The van der Waals surface area contributed by atoms with Gasteiger partial charge in [-0.15, -0.1) is 11.3 Å². The van der Waals surface area contributed by atoms with Crippen molar-refractivity contribution < 1.29 is 14.3 Å². The van der Waals surface area contributed by atoms with Crippen molar-refractivity contribution in [3.8, 4) is 5.75 Å². The summed E-state index contributed by atoms with van der Waals surface area (Å²) in [4.78, 5) is 31.7. The lowest BCUT2D eigenvalue weighted by Gasteiger charge is -2.14. The Morgan fingerprint density at radius 3 is 2.61 bits per heavy atom. The molecule has 1 aliphatic rings. The summed E-state index contributed by atoms with van der Waals surface area (Å²) in [6.07, 6.45) is 10.3. The Bertz CT molecular complexity index is 1210. The van der Waals surface area contributed by atoms with Crippen LogP contribution in [0.2, 0.25) is 10.0 Å². The second kappa shape index (κ2) is 12.6. The maximum Gasteiger partial charge on any atom is 0.256 e. The molecule has 0 saturated carbocycles. The summed E-state index contributed by atoms with van der Waals surface area (Å²) in [5, 5.41) is 7.03. The SMILES string of the molecule is CCCCCOc1c(Cl)cc(C(=O)Nc2sc3c(c2C(=O)NCc2cccnc2)CCCC3)cc1Cl. The van der Waals surface area contributed by atoms with Crippen LogP contribution in [0.5, 0.6) is 5.75 Å². The van der Waals surface area contributed by atoms with Crippen molar-refractivity contribution in [3.63, 3.8) is 0 Å². The van der Waals surface area contributed by atoms with Gasteiger partial charge in [-0.3, -0.25) is 14.6 Å². The first-order valence-corrected chi connectivity index (χ1v) is 13.8. The highest BCUT2D eigenvalue weighted by Crippen LogP contribution is 2.39. The molecule has 0 bridgehead atoms. The number of carbonyl (C=O) groups excluding carboxylic acids is 2. The quantitative estimate of drug-likeness (QED) is 0.266. The molecule has 0 aliphatic heterocycles. The van der Waals surface area contributed by atoms with E-state index in [-0.39, 0.29) is 21.9 Å². The van der Waals surface area contributed by atoms with Gasteiger partial charge in [0.05, 0.1) is 22.2 Å². The molecule has 3 aromatic rings. The van der Waals surface area contributed by atoms with Crippen molar-refractivity contribution >= 4 is 51.4 Å². The van der Waals surface area contributed by atoms with Gasteiger partial charge in [0.25, 0.3) is 11.8 Å². The fourth-order valence-electron chi connectivity index (χ4n) is 4.20. The number of anilines is 1. The normalized spacial score (nSPS) is 12.6. The van der Waals surface area contributed by atoms with E-state index in [9.17, 15) is 9.59 Å². The number of aromatic nitrogens is 1. The van der Waals surface area contributed by atoms with Gasteiger partial charge >= 0.3 is 0 Å². The molecule has 0 fully saturated rings. The summed E-state index contributed by atoms with van der Waals surface area (Å²) < 4.78 is 5.74. The Balaban J connectivity index is 1.52. The highest BCUT2D eigenvalue weighted by molar-refractivity contribution is 7.17. The van der Waals surface area contributed by atoms with E-state index in [1.54, 1.807) is 24.5 Å². The summed E-state index contributed by atoms with van der Waals surface area (Å²) in [5.74, 6) is -0.204. The minimum atomic E-state index is -0.378. The van der Waals surface area contributed by atoms with Gasteiger partial charge in [0.1, 0.15) is 5.00 Å².